The molecular weight excluding hydrogens is 668 g/mol. The van der Waals surface area contributed by atoms with E-state index in [1.54, 1.807) is 72.8 Å². The number of nitrogens with one attached hydrogen (secondary N) is 3. The third-order valence-corrected chi connectivity index (χ3v) is 9.06. The maximum Gasteiger partial charge on any atom is 0.272 e. The number of methoxy groups -OCH3 is 2. The summed E-state index contributed by atoms with van der Waals surface area (Å²) in [6.07, 6.45) is 1.53. The standard InChI is InChI=1S/C36H31ClN4O5S2/c1-22(33(42)41-36-40-31(21-47-36)23-9-11-26(37)12-10-23)48-29-16-13-27(14-17-29)38-35(44)30(39-34(43)24-7-5-4-6-8-24)20-25-19-28(45-2)15-18-32(25)46-3/h4-22H,1-3H3,(H,38,44)(H,39,43)(H,40,41,42)/b30-20-. The molecule has 1 atom stereocenters. The van der Waals surface area contributed by atoms with Crippen molar-refractivity contribution in [3.05, 3.63) is 124 Å². The second-order valence-electron chi connectivity index (χ2n) is 10.3. The number of rotatable bonds is 12. The monoisotopic (exact) mass is 698 g/mol. The predicted molar refractivity (Wildman–Crippen MR) is 193 cm³/mol. The van der Waals surface area contributed by atoms with Gasteiger partial charge in [-0.3, -0.25) is 14.4 Å². The number of ether oxygens (including phenoxy) is 2. The summed E-state index contributed by atoms with van der Waals surface area (Å²) in [7, 11) is 3.05. The number of thioether (sulfide) groups is 1. The van der Waals surface area contributed by atoms with Gasteiger partial charge in [-0.1, -0.05) is 41.9 Å². The van der Waals surface area contributed by atoms with Crippen molar-refractivity contribution in [1.29, 1.82) is 0 Å². The lowest BCUT2D eigenvalue weighted by molar-refractivity contribution is -0.115. The van der Waals surface area contributed by atoms with Crippen LogP contribution in [0, 0.1) is 0 Å². The zero-order chi connectivity index (χ0) is 34.0. The van der Waals surface area contributed by atoms with Crippen LogP contribution in [0.5, 0.6) is 11.5 Å². The van der Waals surface area contributed by atoms with Gasteiger partial charge in [0.2, 0.25) is 5.91 Å². The molecule has 4 aromatic carbocycles. The molecule has 3 amide bonds. The van der Waals surface area contributed by atoms with Gasteiger partial charge in [0.15, 0.2) is 5.13 Å². The van der Waals surface area contributed by atoms with Crippen LogP contribution in [0.4, 0.5) is 10.8 Å². The van der Waals surface area contributed by atoms with Crippen LogP contribution in [0.15, 0.2) is 113 Å². The van der Waals surface area contributed by atoms with Crippen LogP contribution < -0.4 is 25.4 Å². The van der Waals surface area contributed by atoms with E-state index in [9.17, 15) is 14.4 Å². The Bertz CT molecular complexity index is 1930. The lowest BCUT2D eigenvalue weighted by atomic mass is 10.1. The van der Waals surface area contributed by atoms with Gasteiger partial charge in [0.25, 0.3) is 11.8 Å². The largest absolute Gasteiger partial charge is 0.497 e. The average Bonchev–Trinajstić information content (AvgIpc) is 3.57. The first-order valence-corrected chi connectivity index (χ1v) is 16.8. The van der Waals surface area contributed by atoms with Gasteiger partial charge in [-0.05, 0) is 79.7 Å². The van der Waals surface area contributed by atoms with Gasteiger partial charge in [0.1, 0.15) is 17.2 Å². The van der Waals surface area contributed by atoms with E-state index in [0.717, 1.165) is 16.2 Å². The van der Waals surface area contributed by atoms with Crippen LogP contribution in [0.2, 0.25) is 5.02 Å². The Labute approximate surface area is 291 Å². The molecule has 0 aliphatic heterocycles. The number of anilines is 2. The number of halogens is 1. The summed E-state index contributed by atoms with van der Waals surface area (Å²) in [6.45, 7) is 1.81. The zero-order valence-corrected chi connectivity index (χ0v) is 28.5. The van der Waals surface area contributed by atoms with Gasteiger partial charge in [-0.2, -0.15) is 0 Å². The molecule has 1 aromatic heterocycles. The molecule has 0 bridgehead atoms. The molecule has 48 heavy (non-hydrogen) atoms. The molecule has 1 heterocycles. The van der Waals surface area contributed by atoms with E-state index in [1.807, 2.05) is 36.6 Å². The maximum absolute atomic E-state index is 13.5. The zero-order valence-electron chi connectivity index (χ0n) is 26.2. The Morgan fingerprint density at radius 3 is 2.31 bits per heavy atom. The summed E-state index contributed by atoms with van der Waals surface area (Å²) < 4.78 is 10.8. The first kappa shape index (κ1) is 34.2. The highest BCUT2D eigenvalue weighted by molar-refractivity contribution is 8.00. The molecule has 0 radical (unpaired) electrons. The van der Waals surface area contributed by atoms with Crippen molar-refractivity contribution < 1.29 is 23.9 Å². The van der Waals surface area contributed by atoms with E-state index in [0.29, 0.717) is 38.5 Å². The fourth-order valence-corrected chi connectivity index (χ4v) is 6.13. The average molecular weight is 699 g/mol. The molecule has 0 fully saturated rings. The highest BCUT2D eigenvalue weighted by Gasteiger charge is 2.19. The third-order valence-electron chi connectivity index (χ3n) is 6.93. The normalized spacial score (nSPS) is 11.7. The number of aromatic nitrogens is 1. The van der Waals surface area contributed by atoms with Crippen LogP contribution in [-0.2, 0) is 9.59 Å². The van der Waals surface area contributed by atoms with Crippen molar-refractivity contribution in [2.75, 3.05) is 24.9 Å². The second-order valence-corrected chi connectivity index (χ2v) is 13.0. The quantitative estimate of drug-likeness (QED) is 0.0892. The molecule has 12 heteroatoms. The molecule has 3 N–H and O–H groups in total. The number of hydrogen-bond acceptors (Lipinski definition) is 8. The number of nitrogens with zero attached hydrogens (tertiary/aromatic N) is 1. The Balaban J connectivity index is 1.25. The van der Waals surface area contributed by atoms with E-state index < -0.39 is 17.1 Å². The molecule has 0 aliphatic carbocycles. The number of hydrogen-bond donors (Lipinski definition) is 3. The van der Waals surface area contributed by atoms with E-state index in [1.165, 1.54) is 43.4 Å². The first-order chi connectivity index (χ1) is 23.2. The van der Waals surface area contributed by atoms with Gasteiger partial charge in [0, 0.05) is 37.7 Å². The Morgan fingerprint density at radius 1 is 0.896 bits per heavy atom. The van der Waals surface area contributed by atoms with Crippen LogP contribution in [0.25, 0.3) is 17.3 Å². The topological polar surface area (TPSA) is 119 Å². The summed E-state index contributed by atoms with van der Waals surface area (Å²) in [5.74, 6) is -0.130. The van der Waals surface area contributed by atoms with Crippen molar-refractivity contribution in [3.8, 4) is 22.8 Å². The van der Waals surface area contributed by atoms with Crippen LogP contribution in [0.3, 0.4) is 0 Å². The van der Waals surface area contributed by atoms with Gasteiger partial charge in [-0.15, -0.1) is 23.1 Å². The molecule has 0 saturated heterocycles. The minimum absolute atomic E-state index is 0.000516. The van der Waals surface area contributed by atoms with Crippen LogP contribution in [0.1, 0.15) is 22.8 Å². The van der Waals surface area contributed by atoms with Crippen molar-refractivity contribution in [2.24, 2.45) is 0 Å². The minimum Gasteiger partial charge on any atom is -0.497 e. The molecule has 5 rings (SSSR count). The van der Waals surface area contributed by atoms with Crippen molar-refractivity contribution in [2.45, 2.75) is 17.1 Å². The number of benzene rings is 4. The minimum atomic E-state index is -0.543. The van der Waals surface area contributed by atoms with Crippen molar-refractivity contribution in [1.82, 2.24) is 10.3 Å². The Hall–Kier alpha value is -5.10. The third kappa shape index (κ3) is 9.03. The summed E-state index contributed by atoms with van der Waals surface area (Å²) in [5, 5.41) is 11.1. The van der Waals surface area contributed by atoms with Crippen molar-refractivity contribution >= 4 is 69.3 Å². The molecule has 5 aromatic rings. The van der Waals surface area contributed by atoms with Crippen LogP contribution >= 0.6 is 34.7 Å². The van der Waals surface area contributed by atoms with E-state index >= 15 is 0 Å². The van der Waals surface area contributed by atoms with E-state index in [4.69, 9.17) is 21.1 Å². The second kappa shape index (κ2) is 16.1. The summed E-state index contributed by atoms with van der Waals surface area (Å²) in [4.78, 5) is 44.9. The van der Waals surface area contributed by atoms with Gasteiger partial charge < -0.3 is 25.4 Å². The number of amides is 3. The molecule has 0 saturated carbocycles. The molecule has 0 aliphatic rings. The molecule has 244 valence electrons. The van der Waals surface area contributed by atoms with E-state index in [-0.39, 0.29) is 11.6 Å². The highest BCUT2D eigenvalue weighted by atomic mass is 35.5. The van der Waals surface area contributed by atoms with Gasteiger partial charge >= 0.3 is 0 Å². The SMILES string of the molecule is COc1ccc(OC)c(/C=C(\NC(=O)c2ccccc2)C(=O)Nc2ccc(SC(C)C(=O)Nc3nc(-c4ccc(Cl)cc4)cs3)cc2)c1. The van der Waals surface area contributed by atoms with E-state index in [2.05, 4.69) is 20.9 Å². The molecular formula is C36H31ClN4O5S2. The first-order valence-electron chi connectivity index (χ1n) is 14.6. The fraction of sp³-hybridized carbons (Fsp3) is 0.111. The predicted octanol–water partition coefficient (Wildman–Crippen LogP) is 8.01. The Morgan fingerprint density at radius 2 is 1.62 bits per heavy atom. The van der Waals surface area contributed by atoms with Crippen molar-refractivity contribution in [3.63, 3.8) is 0 Å². The Kier molecular flexibility index (Phi) is 11.5. The van der Waals surface area contributed by atoms with Gasteiger partial charge in [-0.25, -0.2) is 4.98 Å². The van der Waals surface area contributed by atoms with Crippen LogP contribution in [-0.4, -0.2) is 42.2 Å². The number of carbonyl (C=O) groups excluding carboxylic acids is 3. The number of thiazole rings is 1. The summed E-state index contributed by atoms with van der Waals surface area (Å²) >= 11 is 8.70. The summed E-state index contributed by atoms with van der Waals surface area (Å²) in [5.41, 5.74) is 3.09. The van der Waals surface area contributed by atoms with Gasteiger partial charge in [0.05, 0.1) is 25.2 Å². The highest BCUT2D eigenvalue weighted by Crippen LogP contribution is 2.30. The molecule has 0 spiro atoms. The lowest BCUT2D eigenvalue weighted by Crippen LogP contribution is -2.30. The smallest absolute Gasteiger partial charge is 0.272 e. The summed E-state index contributed by atoms with van der Waals surface area (Å²) in [6, 6.07) is 28.2. The molecule has 1 unspecified atom stereocenters. The lowest BCUT2D eigenvalue weighted by Gasteiger charge is -2.14. The molecule has 9 nitrogen and oxygen atoms in total. The number of carbonyl (C=O) groups is 3. The maximum atomic E-state index is 13.5. The fourth-order valence-electron chi connectivity index (χ4n) is 4.41.